The first-order valence-corrected chi connectivity index (χ1v) is 5.36. The summed E-state index contributed by atoms with van der Waals surface area (Å²) in [4.78, 5) is 21.8. The second kappa shape index (κ2) is 5.72. The highest BCUT2D eigenvalue weighted by Crippen LogP contribution is 2.24. The van der Waals surface area contributed by atoms with Crippen LogP contribution in [-0.4, -0.2) is 37.3 Å². The maximum absolute atomic E-state index is 11.8. The first-order valence-electron chi connectivity index (χ1n) is 5.36. The minimum atomic E-state index is -0.484. The van der Waals surface area contributed by atoms with Crippen LogP contribution in [0.25, 0.3) is 0 Å². The number of nitrogens with one attached hydrogen (secondary N) is 2. The van der Waals surface area contributed by atoms with E-state index >= 15 is 0 Å². The molecule has 13 heteroatoms. The molecule has 0 spiro atoms. The van der Waals surface area contributed by atoms with E-state index in [-0.39, 0.29) is 22.3 Å². The molecule has 0 unspecified atom stereocenters. The van der Waals surface area contributed by atoms with Gasteiger partial charge in [0.1, 0.15) is 0 Å². The Bertz CT molecular complexity index is 703. The molecular formula is C8H8N8O5. The maximum Gasteiger partial charge on any atom is 0.443 e. The summed E-state index contributed by atoms with van der Waals surface area (Å²) in [5.74, 6) is -2.03. The highest BCUT2D eigenvalue weighted by molar-refractivity contribution is 5.90. The molecule has 110 valence electrons. The molecule has 0 aliphatic rings. The highest BCUT2D eigenvalue weighted by atomic mass is 16.6. The summed E-state index contributed by atoms with van der Waals surface area (Å²) in [6, 6.07) is 0. The Kier molecular flexibility index (Phi) is 3.83. The second-order valence-electron chi connectivity index (χ2n) is 3.61. The van der Waals surface area contributed by atoms with E-state index in [0.717, 1.165) is 0 Å². The molecule has 0 saturated carbocycles. The summed E-state index contributed by atoms with van der Waals surface area (Å²) in [7, 11) is 0. The molecule has 0 fully saturated rings. The van der Waals surface area contributed by atoms with Gasteiger partial charge in [0.25, 0.3) is 11.6 Å². The summed E-state index contributed by atoms with van der Waals surface area (Å²) < 4.78 is 8.69. The standard InChI is InChI=1S/C8H8N8O5/c1-3(17)9-5-6(13-20-12-5)11-16(19)8-7(10-4(2)18)14-21-15-8/h1-2H3,(H,9,12,17)(H,10,14,18). The smallest absolute Gasteiger partial charge is 0.443 e. The molecule has 21 heavy (non-hydrogen) atoms. The van der Waals surface area contributed by atoms with Crippen molar-refractivity contribution in [3.8, 4) is 0 Å². The van der Waals surface area contributed by atoms with Crippen molar-refractivity contribution in [2.45, 2.75) is 13.8 Å². The first-order chi connectivity index (χ1) is 9.97. The number of hydrogen-bond donors (Lipinski definition) is 2. The van der Waals surface area contributed by atoms with Crippen molar-refractivity contribution < 1.29 is 23.7 Å². The number of hydrogen-bond acceptors (Lipinski definition) is 10. The fourth-order valence-electron chi connectivity index (χ4n) is 1.18. The lowest BCUT2D eigenvalue weighted by Gasteiger charge is -2.00. The van der Waals surface area contributed by atoms with Gasteiger partial charge in [-0.05, 0) is 10.3 Å². The van der Waals surface area contributed by atoms with Crippen LogP contribution in [0.3, 0.4) is 0 Å². The number of azo groups is 1. The van der Waals surface area contributed by atoms with E-state index in [2.05, 4.69) is 45.6 Å². The Hall–Kier alpha value is -3.38. The molecule has 0 aliphatic heterocycles. The van der Waals surface area contributed by atoms with Gasteiger partial charge >= 0.3 is 5.82 Å². The van der Waals surface area contributed by atoms with E-state index in [1.165, 1.54) is 13.8 Å². The molecule has 2 N–H and O–H groups in total. The number of rotatable bonds is 4. The van der Waals surface area contributed by atoms with Crippen LogP contribution in [0.4, 0.5) is 23.3 Å². The molecule has 0 atom stereocenters. The van der Waals surface area contributed by atoms with Crippen molar-refractivity contribution >= 4 is 35.1 Å². The van der Waals surface area contributed by atoms with Gasteiger partial charge in [0, 0.05) is 19.0 Å². The molecule has 2 heterocycles. The monoisotopic (exact) mass is 296 g/mol. The van der Waals surface area contributed by atoms with Crippen LogP contribution < -0.4 is 10.6 Å². The van der Waals surface area contributed by atoms with E-state index in [4.69, 9.17) is 0 Å². The van der Waals surface area contributed by atoms with Crippen molar-refractivity contribution in [1.29, 1.82) is 0 Å². The molecule has 0 bridgehead atoms. The molecular weight excluding hydrogens is 288 g/mol. The van der Waals surface area contributed by atoms with Gasteiger partial charge in [-0.1, -0.05) is 5.11 Å². The van der Waals surface area contributed by atoms with Gasteiger partial charge in [-0.15, -0.1) is 9.49 Å². The van der Waals surface area contributed by atoms with Crippen LogP contribution in [0, 0.1) is 5.21 Å². The van der Waals surface area contributed by atoms with Gasteiger partial charge in [-0.3, -0.25) is 9.59 Å². The Morgan fingerprint density at radius 1 is 1.05 bits per heavy atom. The van der Waals surface area contributed by atoms with Crippen LogP contribution in [0.2, 0.25) is 0 Å². The summed E-state index contributed by atoms with van der Waals surface area (Å²) in [5, 5.41) is 33.1. The lowest BCUT2D eigenvalue weighted by atomic mass is 10.6. The maximum atomic E-state index is 11.8. The number of amides is 2. The van der Waals surface area contributed by atoms with E-state index in [0.29, 0.717) is 0 Å². The fraction of sp³-hybridized carbons (Fsp3) is 0.250. The predicted molar refractivity (Wildman–Crippen MR) is 62.6 cm³/mol. The summed E-state index contributed by atoms with van der Waals surface area (Å²) in [6.45, 7) is 2.44. The average Bonchev–Trinajstić information content (AvgIpc) is 2.98. The predicted octanol–water partition coefficient (Wildman–Crippen LogP) is 0.295. The largest absolute Gasteiger partial charge is 0.690 e. The third-order valence-electron chi connectivity index (χ3n) is 1.90. The van der Waals surface area contributed by atoms with E-state index < -0.39 is 17.6 Å². The van der Waals surface area contributed by atoms with Gasteiger partial charge in [0.05, 0.1) is 0 Å². The van der Waals surface area contributed by atoms with Crippen LogP contribution in [0.5, 0.6) is 0 Å². The van der Waals surface area contributed by atoms with Gasteiger partial charge in [0.2, 0.25) is 17.6 Å². The van der Waals surface area contributed by atoms with E-state index in [9.17, 15) is 14.8 Å². The number of carbonyl (C=O) groups excluding carboxylic acids is 2. The zero-order valence-corrected chi connectivity index (χ0v) is 10.7. The molecule has 2 aromatic rings. The molecule has 13 nitrogen and oxygen atoms in total. The quantitative estimate of drug-likeness (QED) is 0.456. The van der Waals surface area contributed by atoms with Gasteiger partial charge in [-0.25, -0.2) is 4.63 Å². The Morgan fingerprint density at radius 2 is 1.62 bits per heavy atom. The molecule has 2 amide bonds. The lowest BCUT2D eigenvalue weighted by Crippen LogP contribution is -2.08. The van der Waals surface area contributed by atoms with Crippen LogP contribution in [0.15, 0.2) is 14.4 Å². The molecule has 0 radical (unpaired) electrons. The third-order valence-corrected chi connectivity index (χ3v) is 1.90. The lowest BCUT2D eigenvalue weighted by molar-refractivity contribution is -0.440. The van der Waals surface area contributed by atoms with Crippen LogP contribution in [0.1, 0.15) is 13.8 Å². The van der Waals surface area contributed by atoms with Crippen molar-refractivity contribution in [2.75, 3.05) is 10.6 Å². The molecule has 2 rings (SSSR count). The van der Waals surface area contributed by atoms with Gasteiger partial charge in [-0.2, -0.15) is 0 Å². The second-order valence-corrected chi connectivity index (χ2v) is 3.61. The van der Waals surface area contributed by atoms with Crippen molar-refractivity contribution in [3.63, 3.8) is 0 Å². The number of carbonyl (C=O) groups is 2. The van der Waals surface area contributed by atoms with E-state index in [1.54, 1.807) is 0 Å². The highest BCUT2D eigenvalue weighted by Gasteiger charge is 2.23. The van der Waals surface area contributed by atoms with Crippen molar-refractivity contribution in [1.82, 2.24) is 20.6 Å². The summed E-state index contributed by atoms with van der Waals surface area (Å²) >= 11 is 0. The molecule has 2 aromatic heterocycles. The SMILES string of the molecule is CC(=O)Nc1nonc1N=[N+]([O-])c1nonc1NC(C)=O. The van der Waals surface area contributed by atoms with Crippen LogP contribution in [-0.2, 0) is 9.59 Å². The third kappa shape index (κ3) is 3.34. The van der Waals surface area contributed by atoms with Crippen molar-refractivity contribution in [2.24, 2.45) is 5.11 Å². The molecule has 0 aliphatic carbocycles. The van der Waals surface area contributed by atoms with Gasteiger partial charge in [0.15, 0.2) is 5.16 Å². The zero-order valence-electron chi connectivity index (χ0n) is 10.7. The Morgan fingerprint density at radius 3 is 2.29 bits per heavy atom. The Balaban J connectivity index is 2.29. The first kappa shape index (κ1) is 14.0. The minimum Gasteiger partial charge on any atom is -0.690 e. The molecule has 0 aromatic carbocycles. The van der Waals surface area contributed by atoms with Crippen molar-refractivity contribution in [3.05, 3.63) is 5.21 Å². The number of nitrogens with zero attached hydrogens (tertiary/aromatic N) is 6. The van der Waals surface area contributed by atoms with Crippen LogP contribution >= 0.6 is 0 Å². The molecule has 0 saturated heterocycles. The Labute approximate surface area is 115 Å². The number of anilines is 2. The summed E-state index contributed by atoms with van der Waals surface area (Å²) in [6.07, 6.45) is 0. The average molecular weight is 296 g/mol. The number of aromatic nitrogens is 4. The normalized spacial score (nSPS) is 11.2. The minimum absolute atomic E-state index is 0.0212. The zero-order chi connectivity index (χ0) is 15.4. The summed E-state index contributed by atoms with van der Waals surface area (Å²) in [5.41, 5.74) is 0. The van der Waals surface area contributed by atoms with E-state index in [1.807, 2.05) is 0 Å². The topological polar surface area (TPSA) is 174 Å². The van der Waals surface area contributed by atoms with Gasteiger partial charge < -0.3 is 15.8 Å². The fourth-order valence-corrected chi connectivity index (χ4v) is 1.18.